The van der Waals surface area contributed by atoms with E-state index in [-0.39, 0.29) is 0 Å². The molecule has 0 saturated heterocycles. The molecule has 0 heterocycles. The number of primary amides is 1. The lowest BCUT2D eigenvalue weighted by atomic mass is 9.87. The van der Waals surface area contributed by atoms with Gasteiger partial charge in [0.05, 0.1) is 0 Å². The zero-order valence-corrected chi connectivity index (χ0v) is 11.6. The zero-order chi connectivity index (χ0) is 13.8. The lowest BCUT2D eigenvalue weighted by Crippen LogP contribution is -2.30. The number of rotatable bonds is 5. The molecule has 0 bridgehead atoms. The summed E-state index contributed by atoms with van der Waals surface area (Å²) in [7, 11) is 0. The van der Waals surface area contributed by atoms with Crippen LogP contribution in [0.25, 0.3) is 0 Å². The third kappa shape index (κ3) is 3.26. The molecule has 104 valence electrons. The Hall–Kier alpha value is -1.55. The SMILES string of the molecule is CCNC1CCCc2cc(OC(C)C(N)=O)ccc21. The summed E-state index contributed by atoms with van der Waals surface area (Å²) in [5, 5.41) is 3.50. The Labute approximate surface area is 114 Å². The van der Waals surface area contributed by atoms with Crippen LogP contribution in [0.1, 0.15) is 43.9 Å². The highest BCUT2D eigenvalue weighted by Crippen LogP contribution is 2.32. The molecule has 1 aromatic rings. The standard InChI is InChI=1S/C15H22N2O2/c1-3-17-14-6-4-5-11-9-12(7-8-13(11)14)19-10(2)15(16)18/h7-10,14,17H,3-6H2,1-2H3,(H2,16,18). The molecule has 1 aliphatic rings. The molecule has 0 aliphatic heterocycles. The molecule has 4 nitrogen and oxygen atoms in total. The first-order valence-corrected chi connectivity index (χ1v) is 6.94. The predicted molar refractivity (Wildman–Crippen MR) is 75.1 cm³/mol. The lowest BCUT2D eigenvalue weighted by molar-refractivity contribution is -0.123. The molecule has 1 amide bonds. The maximum absolute atomic E-state index is 11.0. The van der Waals surface area contributed by atoms with Gasteiger partial charge in [0.2, 0.25) is 0 Å². The number of carbonyl (C=O) groups excluding carboxylic acids is 1. The van der Waals surface area contributed by atoms with Gasteiger partial charge in [0.15, 0.2) is 6.10 Å². The molecule has 2 rings (SSSR count). The van der Waals surface area contributed by atoms with Gasteiger partial charge in [-0.15, -0.1) is 0 Å². The second kappa shape index (κ2) is 6.06. The van der Waals surface area contributed by atoms with Crippen molar-refractivity contribution in [2.45, 2.75) is 45.3 Å². The summed E-state index contributed by atoms with van der Waals surface area (Å²) in [4.78, 5) is 11.0. The maximum Gasteiger partial charge on any atom is 0.258 e. The molecular formula is C15H22N2O2. The number of hydrogen-bond acceptors (Lipinski definition) is 3. The van der Waals surface area contributed by atoms with E-state index in [1.54, 1.807) is 6.92 Å². The fourth-order valence-electron chi connectivity index (χ4n) is 2.58. The van der Waals surface area contributed by atoms with Gasteiger partial charge in [-0.05, 0) is 56.0 Å². The summed E-state index contributed by atoms with van der Waals surface area (Å²) >= 11 is 0. The summed E-state index contributed by atoms with van der Waals surface area (Å²) < 4.78 is 5.54. The smallest absolute Gasteiger partial charge is 0.258 e. The van der Waals surface area contributed by atoms with Gasteiger partial charge in [-0.2, -0.15) is 0 Å². The third-order valence-electron chi connectivity index (χ3n) is 3.59. The maximum atomic E-state index is 11.0. The van der Waals surface area contributed by atoms with E-state index in [9.17, 15) is 4.79 Å². The number of nitrogens with one attached hydrogen (secondary N) is 1. The van der Waals surface area contributed by atoms with Crippen LogP contribution in [-0.2, 0) is 11.2 Å². The van der Waals surface area contributed by atoms with Gasteiger partial charge in [-0.3, -0.25) is 4.79 Å². The number of hydrogen-bond donors (Lipinski definition) is 2. The number of carbonyl (C=O) groups is 1. The number of fused-ring (bicyclic) bond motifs is 1. The average Bonchev–Trinajstić information content (AvgIpc) is 2.39. The molecule has 1 aromatic carbocycles. The average molecular weight is 262 g/mol. The number of nitrogens with two attached hydrogens (primary N) is 1. The number of ether oxygens (including phenoxy) is 1. The highest BCUT2D eigenvalue weighted by Gasteiger charge is 2.20. The van der Waals surface area contributed by atoms with Crippen LogP contribution >= 0.6 is 0 Å². The van der Waals surface area contributed by atoms with Crippen LogP contribution < -0.4 is 15.8 Å². The van der Waals surface area contributed by atoms with Crippen molar-refractivity contribution in [3.63, 3.8) is 0 Å². The van der Waals surface area contributed by atoms with Crippen molar-refractivity contribution in [1.29, 1.82) is 0 Å². The quantitative estimate of drug-likeness (QED) is 0.852. The molecule has 0 saturated carbocycles. The Morgan fingerprint density at radius 3 is 3.05 bits per heavy atom. The third-order valence-corrected chi connectivity index (χ3v) is 3.59. The second-order valence-electron chi connectivity index (χ2n) is 5.03. The fraction of sp³-hybridized carbons (Fsp3) is 0.533. The van der Waals surface area contributed by atoms with E-state index in [4.69, 9.17) is 10.5 Å². The first-order valence-electron chi connectivity index (χ1n) is 6.94. The summed E-state index contributed by atoms with van der Waals surface area (Å²) in [6.07, 6.45) is 2.84. The van der Waals surface area contributed by atoms with Crippen molar-refractivity contribution in [2.24, 2.45) is 5.73 Å². The summed E-state index contributed by atoms with van der Waals surface area (Å²) in [5.74, 6) is 0.283. The Morgan fingerprint density at radius 2 is 2.37 bits per heavy atom. The Morgan fingerprint density at radius 1 is 1.58 bits per heavy atom. The predicted octanol–water partition coefficient (Wildman–Crippen LogP) is 1.93. The molecule has 2 atom stereocenters. The van der Waals surface area contributed by atoms with E-state index in [2.05, 4.69) is 18.3 Å². The monoisotopic (exact) mass is 262 g/mol. The number of aryl methyl sites for hydroxylation is 1. The Bertz CT molecular complexity index is 459. The van der Waals surface area contributed by atoms with Crippen molar-refractivity contribution >= 4 is 5.91 Å². The van der Waals surface area contributed by atoms with Crippen LogP contribution in [0.3, 0.4) is 0 Å². The zero-order valence-electron chi connectivity index (χ0n) is 11.6. The van der Waals surface area contributed by atoms with Crippen molar-refractivity contribution in [3.8, 4) is 5.75 Å². The van der Waals surface area contributed by atoms with Crippen LogP contribution in [0.2, 0.25) is 0 Å². The minimum Gasteiger partial charge on any atom is -0.481 e. The van der Waals surface area contributed by atoms with Gasteiger partial charge in [0.1, 0.15) is 5.75 Å². The van der Waals surface area contributed by atoms with Gasteiger partial charge < -0.3 is 15.8 Å². The van der Waals surface area contributed by atoms with Crippen molar-refractivity contribution < 1.29 is 9.53 Å². The highest BCUT2D eigenvalue weighted by molar-refractivity contribution is 5.78. The van der Waals surface area contributed by atoms with E-state index in [0.717, 1.165) is 18.7 Å². The van der Waals surface area contributed by atoms with E-state index in [1.807, 2.05) is 12.1 Å². The number of amides is 1. The molecule has 0 fully saturated rings. The second-order valence-corrected chi connectivity index (χ2v) is 5.03. The summed E-state index contributed by atoms with van der Waals surface area (Å²) in [6.45, 7) is 4.77. The molecule has 0 aromatic heterocycles. The van der Waals surface area contributed by atoms with Crippen LogP contribution in [0.5, 0.6) is 5.75 Å². The normalized spacial score (nSPS) is 19.6. The van der Waals surface area contributed by atoms with Crippen molar-refractivity contribution in [1.82, 2.24) is 5.32 Å². The lowest BCUT2D eigenvalue weighted by Gasteiger charge is -2.26. The van der Waals surface area contributed by atoms with E-state index >= 15 is 0 Å². The molecule has 0 spiro atoms. The van der Waals surface area contributed by atoms with E-state index < -0.39 is 12.0 Å². The fourth-order valence-corrected chi connectivity index (χ4v) is 2.58. The van der Waals surface area contributed by atoms with Crippen LogP contribution in [0.15, 0.2) is 18.2 Å². The van der Waals surface area contributed by atoms with Gasteiger partial charge >= 0.3 is 0 Å². The topological polar surface area (TPSA) is 64.3 Å². The van der Waals surface area contributed by atoms with E-state index in [0.29, 0.717) is 6.04 Å². The molecule has 0 radical (unpaired) electrons. The molecule has 3 N–H and O–H groups in total. The van der Waals surface area contributed by atoms with Gasteiger partial charge in [0, 0.05) is 6.04 Å². The van der Waals surface area contributed by atoms with Gasteiger partial charge in [-0.25, -0.2) is 0 Å². The van der Waals surface area contributed by atoms with Crippen molar-refractivity contribution in [3.05, 3.63) is 29.3 Å². The Balaban J connectivity index is 2.16. The first-order chi connectivity index (χ1) is 9.11. The first kappa shape index (κ1) is 13.9. The van der Waals surface area contributed by atoms with Crippen LogP contribution in [-0.4, -0.2) is 18.6 Å². The van der Waals surface area contributed by atoms with Gasteiger partial charge in [0.25, 0.3) is 5.91 Å². The van der Waals surface area contributed by atoms with Crippen molar-refractivity contribution in [2.75, 3.05) is 6.54 Å². The molecule has 1 aliphatic carbocycles. The molecule has 19 heavy (non-hydrogen) atoms. The van der Waals surface area contributed by atoms with Crippen LogP contribution in [0.4, 0.5) is 0 Å². The highest BCUT2D eigenvalue weighted by atomic mass is 16.5. The van der Waals surface area contributed by atoms with Crippen LogP contribution in [0, 0.1) is 0 Å². The minimum atomic E-state index is -0.591. The summed E-state index contributed by atoms with van der Waals surface area (Å²) in [5.41, 5.74) is 7.87. The number of benzene rings is 1. The molecule has 2 unspecified atom stereocenters. The minimum absolute atomic E-state index is 0.441. The summed E-state index contributed by atoms with van der Waals surface area (Å²) in [6, 6.07) is 6.51. The van der Waals surface area contributed by atoms with Gasteiger partial charge in [-0.1, -0.05) is 13.0 Å². The van der Waals surface area contributed by atoms with E-state index in [1.165, 1.54) is 24.0 Å². The molecule has 4 heteroatoms. The molecular weight excluding hydrogens is 240 g/mol. The Kier molecular flexibility index (Phi) is 4.43. The largest absolute Gasteiger partial charge is 0.481 e.